The van der Waals surface area contributed by atoms with Crippen LogP contribution >= 0.6 is 0 Å². The van der Waals surface area contributed by atoms with E-state index in [1.807, 2.05) is 36.4 Å². The Morgan fingerprint density at radius 2 is 1.71 bits per heavy atom. The lowest BCUT2D eigenvalue weighted by molar-refractivity contribution is -0.155. The molecule has 0 N–H and O–H groups in total. The quantitative estimate of drug-likeness (QED) is 0.547. The van der Waals surface area contributed by atoms with Crippen LogP contribution in [-0.4, -0.2) is 25.7 Å². The first-order valence-electron chi connectivity index (χ1n) is 10.1. The number of hydrogen-bond acceptors (Lipinski definition) is 4. The average Bonchev–Trinajstić information content (AvgIpc) is 2.74. The molecule has 0 amide bonds. The van der Waals surface area contributed by atoms with Crippen molar-refractivity contribution in [1.82, 2.24) is 0 Å². The second-order valence-electron chi connectivity index (χ2n) is 7.83. The van der Waals surface area contributed by atoms with Gasteiger partial charge in [-0.2, -0.15) is 0 Å². The third kappa shape index (κ3) is 3.86. The molecule has 1 saturated carbocycles. The largest absolute Gasteiger partial charge is 0.461 e. The number of allylic oxidation sites excluding steroid dienone is 2. The highest BCUT2D eigenvalue weighted by Gasteiger charge is 2.39. The summed E-state index contributed by atoms with van der Waals surface area (Å²) >= 11 is 0. The summed E-state index contributed by atoms with van der Waals surface area (Å²) in [7, 11) is -3.57. The molecule has 0 saturated heterocycles. The number of esters is 1. The molecule has 3 atom stereocenters. The normalized spacial score (nSPS) is 25.5. The fourth-order valence-corrected chi connectivity index (χ4v) is 6.29. The van der Waals surface area contributed by atoms with Crippen LogP contribution in [-0.2, 0) is 19.4 Å². The van der Waals surface area contributed by atoms with Crippen LogP contribution in [0.4, 0.5) is 0 Å². The summed E-state index contributed by atoms with van der Waals surface area (Å²) in [6, 6.07) is 13.0. The number of benzene rings is 2. The Balaban J connectivity index is 1.58. The van der Waals surface area contributed by atoms with Gasteiger partial charge in [0.25, 0.3) is 0 Å². The fourth-order valence-electron chi connectivity index (χ4n) is 4.32. The monoisotopic (exact) mass is 398 g/mol. The van der Waals surface area contributed by atoms with E-state index in [4.69, 9.17) is 4.74 Å². The van der Waals surface area contributed by atoms with Crippen molar-refractivity contribution in [3.63, 3.8) is 0 Å². The van der Waals surface area contributed by atoms with Crippen molar-refractivity contribution < 1.29 is 17.9 Å². The lowest BCUT2D eigenvalue weighted by Crippen LogP contribution is -2.41. The number of carbonyl (C=O) groups excluding carboxylic acids is 1. The molecule has 4 nitrogen and oxygen atoms in total. The van der Waals surface area contributed by atoms with Gasteiger partial charge < -0.3 is 4.74 Å². The fraction of sp³-hybridized carbons (Fsp3) is 0.435. The molecule has 148 valence electrons. The van der Waals surface area contributed by atoms with E-state index >= 15 is 0 Å². The molecule has 2 aliphatic rings. The topological polar surface area (TPSA) is 60.4 Å². The van der Waals surface area contributed by atoms with Crippen molar-refractivity contribution in [3.05, 3.63) is 54.6 Å². The van der Waals surface area contributed by atoms with Gasteiger partial charge in [0.1, 0.15) is 11.4 Å². The first-order valence-corrected chi connectivity index (χ1v) is 11.7. The molecule has 0 heterocycles. The van der Waals surface area contributed by atoms with Crippen molar-refractivity contribution in [2.75, 3.05) is 0 Å². The summed E-state index contributed by atoms with van der Waals surface area (Å²) in [6.07, 6.45) is 8.79. The predicted octanol–water partition coefficient (Wildman–Crippen LogP) is 4.82. The zero-order valence-electron chi connectivity index (χ0n) is 15.9. The maximum absolute atomic E-state index is 13.4. The van der Waals surface area contributed by atoms with Gasteiger partial charge in [-0.05, 0) is 61.4 Å². The number of sulfone groups is 1. The Morgan fingerprint density at radius 1 is 0.929 bits per heavy atom. The molecule has 0 aromatic heterocycles. The van der Waals surface area contributed by atoms with Crippen molar-refractivity contribution in [2.24, 2.45) is 5.92 Å². The van der Waals surface area contributed by atoms with Crippen molar-refractivity contribution >= 4 is 26.6 Å². The first-order chi connectivity index (χ1) is 13.6. The SMILES string of the molecule is O=C(O[C@H]1CCCC[C@@H]1S(=O)(=O)c1ccc2ccccc2c1)[C@@H]1CC=CCC1. The standard InChI is InChI=1S/C23H26O4S/c24-23(18-9-2-1-3-10-18)27-21-12-6-7-13-22(21)28(25,26)20-15-14-17-8-4-5-11-19(17)16-20/h1-2,4-5,8,11,14-16,18,21-22H,3,6-7,9-10,12-13H2/t18-,21+,22+/m1/s1. The molecule has 4 rings (SSSR count). The Bertz CT molecular complexity index is 993. The van der Waals surface area contributed by atoms with Gasteiger partial charge in [-0.25, -0.2) is 8.42 Å². The first kappa shape index (κ1) is 19.2. The lowest BCUT2D eigenvalue weighted by Gasteiger charge is -2.32. The summed E-state index contributed by atoms with van der Waals surface area (Å²) in [6.45, 7) is 0. The second kappa shape index (κ2) is 8.08. The molecule has 5 heteroatoms. The van der Waals surface area contributed by atoms with E-state index in [1.54, 1.807) is 12.1 Å². The van der Waals surface area contributed by atoms with Gasteiger partial charge in [-0.3, -0.25) is 4.79 Å². The van der Waals surface area contributed by atoms with Crippen LogP contribution in [0.1, 0.15) is 44.9 Å². The third-order valence-electron chi connectivity index (χ3n) is 5.96. The third-order valence-corrected chi connectivity index (χ3v) is 8.21. The summed E-state index contributed by atoms with van der Waals surface area (Å²) in [5.74, 6) is -0.383. The van der Waals surface area contributed by atoms with Crippen molar-refractivity contribution in [2.45, 2.75) is 61.2 Å². The molecular weight excluding hydrogens is 372 g/mol. The lowest BCUT2D eigenvalue weighted by atomic mass is 9.93. The Kier molecular flexibility index (Phi) is 5.54. The van der Waals surface area contributed by atoms with Gasteiger partial charge >= 0.3 is 5.97 Å². The van der Waals surface area contributed by atoms with Gasteiger partial charge in [-0.15, -0.1) is 0 Å². The summed E-state index contributed by atoms with van der Waals surface area (Å²) < 4.78 is 32.6. The van der Waals surface area contributed by atoms with E-state index in [-0.39, 0.29) is 11.9 Å². The second-order valence-corrected chi connectivity index (χ2v) is 10.0. The molecule has 0 radical (unpaired) electrons. The molecule has 2 aromatic carbocycles. The van der Waals surface area contributed by atoms with Gasteiger partial charge in [0, 0.05) is 0 Å². The van der Waals surface area contributed by atoms with E-state index in [9.17, 15) is 13.2 Å². The number of carbonyl (C=O) groups is 1. The minimum absolute atomic E-state index is 0.143. The maximum Gasteiger partial charge on any atom is 0.309 e. The van der Waals surface area contributed by atoms with E-state index in [2.05, 4.69) is 6.08 Å². The number of ether oxygens (including phenoxy) is 1. The molecule has 0 unspecified atom stereocenters. The van der Waals surface area contributed by atoms with Gasteiger partial charge in [0.2, 0.25) is 0 Å². The Labute approximate surface area is 166 Å². The van der Waals surface area contributed by atoms with Crippen molar-refractivity contribution in [3.8, 4) is 0 Å². The molecular formula is C23H26O4S. The van der Waals surface area contributed by atoms with Crippen LogP contribution in [0.2, 0.25) is 0 Å². The molecule has 2 aromatic rings. The van der Waals surface area contributed by atoms with Crippen LogP contribution in [0, 0.1) is 5.92 Å². The number of fused-ring (bicyclic) bond motifs is 1. The van der Waals surface area contributed by atoms with E-state index < -0.39 is 21.2 Å². The summed E-state index contributed by atoms with van der Waals surface area (Å²) in [5.41, 5.74) is 0. The van der Waals surface area contributed by atoms with Crippen LogP contribution in [0.5, 0.6) is 0 Å². The highest BCUT2D eigenvalue weighted by Crippen LogP contribution is 2.33. The molecule has 1 fully saturated rings. The maximum atomic E-state index is 13.4. The highest BCUT2D eigenvalue weighted by atomic mass is 32.2. The number of hydrogen-bond donors (Lipinski definition) is 0. The summed E-state index contributed by atoms with van der Waals surface area (Å²) in [5, 5.41) is 1.26. The Hall–Kier alpha value is -2.14. The summed E-state index contributed by atoms with van der Waals surface area (Å²) in [4.78, 5) is 12.9. The molecule has 2 aliphatic carbocycles. The molecule has 0 spiro atoms. The van der Waals surface area contributed by atoms with Crippen LogP contribution in [0.25, 0.3) is 10.8 Å². The van der Waals surface area contributed by atoms with Gasteiger partial charge in [0.15, 0.2) is 9.84 Å². The minimum atomic E-state index is -3.57. The van der Waals surface area contributed by atoms with Crippen LogP contribution in [0.3, 0.4) is 0 Å². The van der Waals surface area contributed by atoms with Crippen LogP contribution in [0.15, 0.2) is 59.5 Å². The average molecular weight is 399 g/mol. The minimum Gasteiger partial charge on any atom is -0.461 e. The Morgan fingerprint density at radius 3 is 2.50 bits per heavy atom. The highest BCUT2D eigenvalue weighted by molar-refractivity contribution is 7.92. The van der Waals surface area contributed by atoms with E-state index in [1.165, 1.54) is 0 Å². The van der Waals surface area contributed by atoms with Gasteiger partial charge in [0.05, 0.1) is 10.8 Å². The zero-order valence-corrected chi connectivity index (χ0v) is 16.7. The van der Waals surface area contributed by atoms with E-state index in [0.717, 1.165) is 36.5 Å². The zero-order chi connectivity index (χ0) is 19.6. The van der Waals surface area contributed by atoms with Crippen molar-refractivity contribution in [1.29, 1.82) is 0 Å². The smallest absolute Gasteiger partial charge is 0.309 e. The predicted molar refractivity (Wildman–Crippen MR) is 110 cm³/mol. The van der Waals surface area contributed by atoms with E-state index in [0.29, 0.717) is 24.2 Å². The molecule has 28 heavy (non-hydrogen) atoms. The van der Waals surface area contributed by atoms with Gasteiger partial charge in [-0.1, -0.05) is 48.9 Å². The number of rotatable bonds is 4. The molecule has 0 aliphatic heterocycles. The van der Waals surface area contributed by atoms with Crippen LogP contribution < -0.4 is 0 Å². The molecule has 0 bridgehead atoms.